The molecule has 4 nitrogen and oxygen atoms in total. The Morgan fingerprint density at radius 3 is 2.89 bits per heavy atom. The summed E-state index contributed by atoms with van der Waals surface area (Å²) in [7, 11) is 0. The van der Waals surface area contributed by atoms with E-state index >= 15 is 0 Å². The first-order valence-electron chi connectivity index (χ1n) is 5.96. The van der Waals surface area contributed by atoms with Crippen LogP contribution in [0.15, 0.2) is 30.9 Å². The van der Waals surface area contributed by atoms with Gasteiger partial charge in [-0.3, -0.25) is 4.79 Å². The predicted molar refractivity (Wildman–Crippen MR) is 73.7 cm³/mol. The molecule has 0 fully saturated rings. The SMILES string of the molecule is C=CCOc1cc(C(=O)NCC(C)C)ccc1N. The normalized spacial score (nSPS) is 10.2. The van der Waals surface area contributed by atoms with Crippen molar-refractivity contribution in [2.75, 3.05) is 18.9 Å². The number of hydrogen-bond acceptors (Lipinski definition) is 3. The van der Waals surface area contributed by atoms with E-state index in [9.17, 15) is 4.79 Å². The molecule has 0 aliphatic rings. The number of carbonyl (C=O) groups is 1. The lowest BCUT2D eigenvalue weighted by molar-refractivity contribution is 0.0948. The van der Waals surface area contributed by atoms with Crippen molar-refractivity contribution in [2.45, 2.75) is 13.8 Å². The molecule has 0 aliphatic carbocycles. The summed E-state index contributed by atoms with van der Waals surface area (Å²) in [5.74, 6) is 0.804. The minimum absolute atomic E-state index is 0.118. The van der Waals surface area contributed by atoms with Crippen LogP contribution in [0.25, 0.3) is 0 Å². The van der Waals surface area contributed by atoms with Gasteiger partial charge in [0.05, 0.1) is 5.69 Å². The van der Waals surface area contributed by atoms with E-state index in [4.69, 9.17) is 10.5 Å². The Morgan fingerprint density at radius 1 is 1.56 bits per heavy atom. The van der Waals surface area contributed by atoms with Crippen molar-refractivity contribution < 1.29 is 9.53 Å². The Balaban J connectivity index is 2.76. The van der Waals surface area contributed by atoms with Crippen molar-refractivity contribution in [1.82, 2.24) is 5.32 Å². The van der Waals surface area contributed by atoms with Crippen LogP contribution >= 0.6 is 0 Å². The van der Waals surface area contributed by atoms with E-state index < -0.39 is 0 Å². The molecule has 0 saturated heterocycles. The van der Waals surface area contributed by atoms with Crippen molar-refractivity contribution in [1.29, 1.82) is 0 Å². The second-order valence-electron chi connectivity index (χ2n) is 4.46. The number of anilines is 1. The van der Waals surface area contributed by atoms with E-state index in [0.29, 0.717) is 36.1 Å². The van der Waals surface area contributed by atoms with Gasteiger partial charge < -0.3 is 15.8 Å². The van der Waals surface area contributed by atoms with Crippen LogP contribution in [-0.2, 0) is 0 Å². The molecule has 0 aliphatic heterocycles. The maximum absolute atomic E-state index is 11.9. The van der Waals surface area contributed by atoms with Gasteiger partial charge in [0.2, 0.25) is 0 Å². The number of amides is 1. The molecule has 18 heavy (non-hydrogen) atoms. The quantitative estimate of drug-likeness (QED) is 0.599. The van der Waals surface area contributed by atoms with Gasteiger partial charge in [0, 0.05) is 12.1 Å². The fourth-order valence-electron chi connectivity index (χ4n) is 1.35. The van der Waals surface area contributed by atoms with Gasteiger partial charge in [-0.05, 0) is 24.1 Å². The zero-order chi connectivity index (χ0) is 13.5. The summed E-state index contributed by atoms with van der Waals surface area (Å²) in [5, 5.41) is 2.85. The summed E-state index contributed by atoms with van der Waals surface area (Å²) >= 11 is 0. The monoisotopic (exact) mass is 248 g/mol. The molecule has 0 bridgehead atoms. The molecule has 0 heterocycles. The van der Waals surface area contributed by atoms with Crippen LogP contribution in [0, 0.1) is 5.92 Å². The first-order chi connectivity index (χ1) is 8.54. The molecule has 1 amide bonds. The third kappa shape index (κ3) is 4.13. The molecule has 0 unspecified atom stereocenters. The molecule has 1 aromatic carbocycles. The Labute approximate surface area is 108 Å². The zero-order valence-corrected chi connectivity index (χ0v) is 10.9. The molecule has 1 rings (SSSR count). The third-order valence-electron chi connectivity index (χ3n) is 2.30. The molecule has 98 valence electrons. The molecule has 0 aromatic heterocycles. The maximum Gasteiger partial charge on any atom is 0.251 e. The molecule has 4 heteroatoms. The van der Waals surface area contributed by atoms with Crippen LogP contribution in [0.2, 0.25) is 0 Å². The summed E-state index contributed by atoms with van der Waals surface area (Å²) in [4.78, 5) is 11.9. The molecule has 0 spiro atoms. The van der Waals surface area contributed by atoms with Crippen LogP contribution in [0.5, 0.6) is 5.75 Å². The first-order valence-corrected chi connectivity index (χ1v) is 5.96. The second-order valence-corrected chi connectivity index (χ2v) is 4.46. The van der Waals surface area contributed by atoms with Gasteiger partial charge >= 0.3 is 0 Å². The van der Waals surface area contributed by atoms with Gasteiger partial charge in [-0.1, -0.05) is 26.5 Å². The number of nitrogens with two attached hydrogens (primary N) is 1. The summed E-state index contributed by atoms with van der Waals surface area (Å²) < 4.78 is 5.38. The number of rotatable bonds is 6. The van der Waals surface area contributed by atoms with Crippen molar-refractivity contribution in [3.63, 3.8) is 0 Å². The number of carbonyl (C=O) groups excluding carboxylic acids is 1. The lowest BCUT2D eigenvalue weighted by Gasteiger charge is -2.10. The van der Waals surface area contributed by atoms with Crippen LogP contribution in [-0.4, -0.2) is 19.1 Å². The Morgan fingerprint density at radius 2 is 2.28 bits per heavy atom. The minimum Gasteiger partial charge on any atom is -0.487 e. The van der Waals surface area contributed by atoms with Crippen molar-refractivity contribution >= 4 is 11.6 Å². The van der Waals surface area contributed by atoms with Crippen molar-refractivity contribution in [2.24, 2.45) is 5.92 Å². The number of nitrogens with one attached hydrogen (secondary N) is 1. The zero-order valence-electron chi connectivity index (χ0n) is 10.9. The van der Waals surface area contributed by atoms with Crippen LogP contribution < -0.4 is 15.8 Å². The van der Waals surface area contributed by atoms with Gasteiger partial charge in [-0.25, -0.2) is 0 Å². The van der Waals surface area contributed by atoms with Crippen LogP contribution in [0.3, 0.4) is 0 Å². The summed E-state index contributed by atoms with van der Waals surface area (Å²) in [6.45, 7) is 8.66. The van der Waals surface area contributed by atoms with E-state index in [1.165, 1.54) is 0 Å². The number of hydrogen-bond donors (Lipinski definition) is 2. The average molecular weight is 248 g/mol. The van der Waals surface area contributed by atoms with Gasteiger partial charge in [0.1, 0.15) is 12.4 Å². The molecular formula is C14H20N2O2. The van der Waals surface area contributed by atoms with Gasteiger partial charge in [-0.15, -0.1) is 0 Å². The van der Waals surface area contributed by atoms with Gasteiger partial charge in [0.25, 0.3) is 5.91 Å². The Bertz CT molecular complexity index is 428. The van der Waals surface area contributed by atoms with Gasteiger partial charge in [0.15, 0.2) is 0 Å². The lowest BCUT2D eigenvalue weighted by Crippen LogP contribution is -2.27. The van der Waals surface area contributed by atoms with E-state index in [1.807, 2.05) is 13.8 Å². The Hall–Kier alpha value is -1.97. The van der Waals surface area contributed by atoms with E-state index in [1.54, 1.807) is 24.3 Å². The molecule has 0 atom stereocenters. The highest BCUT2D eigenvalue weighted by Gasteiger charge is 2.09. The maximum atomic E-state index is 11.9. The predicted octanol–water partition coefficient (Wildman–Crippen LogP) is 2.22. The van der Waals surface area contributed by atoms with E-state index in [0.717, 1.165) is 0 Å². The summed E-state index contributed by atoms with van der Waals surface area (Å²) in [6, 6.07) is 5.00. The number of nitrogen functional groups attached to an aromatic ring is 1. The molecule has 0 radical (unpaired) electrons. The molecular weight excluding hydrogens is 228 g/mol. The fraction of sp³-hybridized carbons (Fsp3) is 0.357. The average Bonchev–Trinajstić information content (AvgIpc) is 2.35. The molecule has 1 aromatic rings. The highest BCUT2D eigenvalue weighted by atomic mass is 16.5. The second kappa shape index (κ2) is 6.69. The smallest absolute Gasteiger partial charge is 0.251 e. The highest BCUT2D eigenvalue weighted by molar-refractivity contribution is 5.95. The topological polar surface area (TPSA) is 64.3 Å². The van der Waals surface area contributed by atoms with Crippen LogP contribution in [0.1, 0.15) is 24.2 Å². The van der Waals surface area contributed by atoms with Crippen molar-refractivity contribution in [3.05, 3.63) is 36.4 Å². The Kier molecular flexibility index (Phi) is 5.24. The highest BCUT2D eigenvalue weighted by Crippen LogP contribution is 2.22. The van der Waals surface area contributed by atoms with E-state index in [-0.39, 0.29) is 5.91 Å². The third-order valence-corrected chi connectivity index (χ3v) is 2.30. The summed E-state index contributed by atoms with van der Waals surface area (Å²) in [6.07, 6.45) is 1.63. The van der Waals surface area contributed by atoms with E-state index in [2.05, 4.69) is 11.9 Å². The molecule has 3 N–H and O–H groups in total. The first kappa shape index (κ1) is 14.1. The molecule has 0 saturated carbocycles. The summed E-state index contributed by atoms with van der Waals surface area (Å²) in [5.41, 5.74) is 6.82. The minimum atomic E-state index is -0.118. The lowest BCUT2D eigenvalue weighted by atomic mass is 10.1. The number of benzene rings is 1. The standard InChI is InChI=1S/C14H20N2O2/c1-4-7-18-13-8-11(5-6-12(13)15)14(17)16-9-10(2)3/h4-6,8,10H,1,7,9,15H2,2-3H3,(H,16,17). The fourth-order valence-corrected chi connectivity index (χ4v) is 1.35. The van der Waals surface area contributed by atoms with Gasteiger partial charge in [-0.2, -0.15) is 0 Å². The number of ether oxygens (including phenoxy) is 1. The van der Waals surface area contributed by atoms with Crippen LogP contribution in [0.4, 0.5) is 5.69 Å². The van der Waals surface area contributed by atoms with Crippen molar-refractivity contribution in [3.8, 4) is 5.75 Å². The largest absolute Gasteiger partial charge is 0.487 e.